The molecular weight excluding hydrogens is 154 g/mol. The van der Waals surface area contributed by atoms with Gasteiger partial charge in [0.2, 0.25) is 0 Å². The topological polar surface area (TPSA) is 59.4 Å². The molecule has 0 aromatic rings. The van der Waals surface area contributed by atoms with Crippen LogP contribution in [0.4, 0.5) is 0 Å². The fourth-order valence-electron chi connectivity index (χ4n) is 1.58. The first-order valence-corrected chi connectivity index (χ1v) is 4.40. The van der Waals surface area contributed by atoms with E-state index in [-0.39, 0.29) is 6.61 Å². The van der Waals surface area contributed by atoms with E-state index in [1.54, 1.807) is 7.05 Å². The minimum atomic E-state index is 0.244. The Balaban J connectivity index is 2.40. The molecule has 0 aromatic heterocycles. The average molecular weight is 171 g/mol. The molecule has 1 fully saturated rings. The molecule has 12 heavy (non-hydrogen) atoms. The van der Waals surface area contributed by atoms with Gasteiger partial charge in [0.05, 0.1) is 0 Å². The van der Waals surface area contributed by atoms with Crippen molar-refractivity contribution in [2.24, 2.45) is 5.92 Å². The Hall–Kier alpha value is -0.770. The second kappa shape index (κ2) is 4.30. The molecule has 0 saturated carbocycles. The van der Waals surface area contributed by atoms with E-state index < -0.39 is 0 Å². The van der Waals surface area contributed by atoms with Crippen molar-refractivity contribution in [2.75, 3.05) is 26.7 Å². The highest BCUT2D eigenvalue weighted by molar-refractivity contribution is 5.76. The van der Waals surface area contributed by atoms with Gasteiger partial charge in [0, 0.05) is 26.7 Å². The molecule has 1 saturated heterocycles. The van der Waals surface area contributed by atoms with Gasteiger partial charge in [-0.05, 0) is 18.8 Å². The summed E-state index contributed by atoms with van der Waals surface area (Å²) in [6, 6.07) is 0. The van der Waals surface area contributed by atoms with Crippen LogP contribution in [0.5, 0.6) is 0 Å². The summed E-state index contributed by atoms with van der Waals surface area (Å²) < 4.78 is 0. The van der Waals surface area contributed by atoms with Crippen molar-refractivity contribution >= 4 is 5.96 Å². The molecule has 0 bridgehead atoms. The Labute approximate surface area is 73.1 Å². The normalized spacial score (nSPS) is 23.8. The van der Waals surface area contributed by atoms with E-state index in [9.17, 15) is 0 Å². The van der Waals surface area contributed by atoms with E-state index in [4.69, 9.17) is 10.5 Å². The molecule has 0 amide bonds. The lowest BCUT2D eigenvalue weighted by Crippen LogP contribution is -2.45. The number of guanidine groups is 1. The van der Waals surface area contributed by atoms with Crippen LogP contribution in [0.1, 0.15) is 12.8 Å². The molecule has 1 aliphatic heterocycles. The van der Waals surface area contributed by atoms with Crippen molar-refractivity contribution in [3.63, 3.8) is 0 Å². The number of aliphatic hydroxyl groups is 1. The van der Waals surface area contributed by atoms with Gasteiger partial charge in [0.15, 0.2) is 5.96 Å². The van der Waals surface area contributed by atoms with Gasteiger partial charge in [0.25, 0.3) is 0 Å². The Morgan fingerprint density at radius 1 is 1.75 bits per heavy atom. The summed E-state index contributed by atoms with van der Waals surface area (Å²) in [7, 11) is 1.75. The molecular formula is C8H17N3O. The summed E-state index contributed by atoms with van der Waals surface area (Å²) in [5.74, 6) is 0.820. The van der Waals surface area contributed by atoms with E-state index in [0.717, 1.165) is 25.9 Å². The van der Waals surface area contributed by atoms with Gasteiger partial charge in [-0.2, -0.15) is 0 Å². The fraction of sp³-hybridized carbons (Fsp3) is 0.875. The van der Waals surface area contributed by atoms with Crippen LogP contribution >= 0.6 is 0 Å². The summed E-state index contributed by atoms with van der Waals surface area (Å²) in [5, 5.41) is 19.3. The second-order valence-electron chi connectivity index (χ2n) is 3.24. The number of nitrogens with zero attached hydrogens (tertiary/aromatic N) is 1. The van der Waals surface area contributed by atoms with Crippen LogP contribution in [0.2, 0.25) is 0 Å². The van der Waals surface area contributed by atoms with Crippen molar-refractivity contribution in [3.8, 4) is 0 Å². The lowest BCUT2D eigenvalue weighted by atomic mass is 9.99. The maximum atomic E-state index is 8.95. The summed E-state index contributed by atoms with van der Waals surface area (Å²) in [6.07, 6.45) is 2.17. The Morgan fingerprint density at radius 2 is 2.50 bits per heavy atom. The largest absolute Gasteiger partial charge is 0.396 e. The standard InChI is InChI=1S/C8H17N3O/c1-10-8(9)11-4-2-3-7(5-11)6-12/h7,12H,2-6H2,1H3,(H2,9,10). The number of aliphatic hydroxyl groups excluding tert-OH is 1. The quantitative estimate of drug-likeness (QED) is 0.380. The number of rotatable bonds is 1. The maximum absolute atomic E-state index is 8.95. The molecule has 1 atom stereocenters. The van der Waals surface area contributed by atoms with Gasteiger partial charge < -0.3 is 15.3 Å². The number of hydrogen-bond donors (Lipinski definition) is 3. The van der Waals surface area contributed by atoms with Gasteiger partial charge in [-0.1, -0.05) is 0 Å². The monoisotopic (exact) mass is 171 g/mol. The van der Waals surface area contributed by atoms with Gasteiger partial charge in [0.1, 0.15) is 0 Å². The van der Waals surface area contributed by atoms with E-state index in [2.05, 4.69) is 5.32 Å². The molecule has 70 valence electrons. The predicted molar refractivity (Wildman–Crippen MR) is 48.2 cm³/mol. The van der Waals surface area contributed by atoms with E-state index in [0.29, 0.717) is 11.9 Å². The van der Waals surface area contributed by atoms with Crippen molar-refractivity contribution in [1.82, 2.24) is 10.2 Å². The molecule has 0 spiro atoms. The zero-order chi connectivity index (χ0) is 8.97. The summed E-state index contributed by atoms with van der Waals surface area (Å²) in [6.45, 7) is 2.00. The lowest BCUT2D eigenvalue weighted by molar-refractivity contribution is 0.158. The van der Waals surface area contributed by atoms with Gasteiger partial charge in [-0.25, -0.2) is 0 Å². The highest BCUT2D eigenvalue weighted by Gasteiger charge is 2.20. The van der Waals surface area contributed by atoms with E-state index >= 15 is 0 Å². The third-order valence-corrected chi connectivity index (χ3v) is 2.33. The molecule has 0 aliphatic carbocycles. The zero-order valence-electron chi connectivity index (χ0n) is 7.51. The first-order valence-electron chi connectivity index (χ1n) is 4.40. The zero-order valence-corrected chi connectivity index (χ0v) is 7.51. The van der Waals surface area contributed by atoms with Crippen molar-refractivity contribution in [2.45, 2.75) is 12.8 Å². The second-order valence-corrected chi connectivity index (χ2v) is 3.24. The van der Waals surface area contributed by atoms with E-state index in [1.165, 1.54) is 0 Å². The minimum absolute atomic E-state index is 0.244. The van der Waals surface area contributed by atoms with Gasteiger partial charge >= 0.3 is 0 Å². The molecule has 3 N–H and O–H groups in total. The average Bonchev–Trinajstić information content (AvgIpc) is 2.17. The minimum Gasteiger partial charge on any atom is -0.396 e. The molecule has 1 rings (SSSR count). The molecule has 4 nitrogen and oxygen atoms in total. The van der Waals surface area contributed by atoms with Crippen molar-refractivity contribution in [3.05, 3.63) is 0 Å². The third-order valence-electron chi connectivity index (χ3n) is 2.33. The maximum Gasteiger partial charge on any atom is 0.190 e. The number of piperidine rings is 1. The van der Waals surface area contributed by atoms with Crippen LogP contribution < -0.4 is 5.32 Å². The number of hydrogen-bond acceptors (Lipinski definition) is 2. The number of nitrogens with one attached hydrogen (secondary N) is 2. The van der Waals surface area contributed by atoms with Gasteiger partial charge in [-0.3, -0.25) is 5.41 Å². The van der Waals surface area contributed by atoms with Crippen LogP contribution in [0.25, 0.3) is 0 Å². The van der Waals surface area contributed by atoms with Crippen LogP contribution in [0.15, 0.2) is 0 Å². The molecule has 1 aliphatic rings. The molecule has 1 heterocycles. The molecule has 0 radical (unpaired) electrons. The highest BCUT2D eigenvalue weighted by Crippen LogP contribution is 2.14. The fourth-order valence-corrected chi connectivity index (χ4v) is 1.58. The molecule has 1 unspecified atom stereocenters. The van der Waals surface area contributed by atoms with Crippen LogP contribution in [0, 0.1) is 11.3 Å². The lowest BCUT2D eigenvalue weighted by Gasteiger charge is -2.33. The Kier molecular flexibility index (Phi) is 3.34. The van der Waals surface area contributed by atoms with E-state index in [1.807, 2.05) is 4.90 Å². The summed E-state index contributed by atoms with van der Waals surface area (Å²) in [5.41, 5.74) is 0. The van der Waals surface area contributed by atoms with Crippen molar-refractivity contribution in [1.29, 1.82) is 5.41 Å². The Bertz CT molecular complexity index is 160. The predicted octanol–water partition coefficient (Wildman–Crippen LogP) is -0.155. The van der Waals surface area contributed by atoms with Crippen LogP contribution in [-0.4, -0.2) is 42.7 Å². The third kappa shape index (κ3) is 2.11. The molecule has 0 aromatic carbocycles. The van der Waals surface area contributed by atoms with Crippen molar-refractivity contribution < 1.29 is 5.11 Å². The van der Waals surface area contributed by atoms with Crippen LogP contribution in [-0.2, 0) is 0 Å². The summed E-state index contributed by atoms with van der Waals surface area (Å²) in [4.78, 5) is 1.98. The Morgan fingerprint density at radius 3 is 3.08 bits per heavy atom. The van der Waals surface area contributed by atoms with Gasteiger partial charge in [-0.15, -0.1) is 0 Å². The smallest absolute Gasteiger partial charge is 0.190 e. The molecule has 4 heteroatoms. The first-order chi connectivity index (χ1) is 5.77. The highest BCUT2D eigenvalue weighted by atomic mass is 16.3. The SMILES string of the molecule is CNC(=N)N1CCCC(CO)C1. The first kappa shape index (κ1) is 9.32. The van der Waals surface area contributed by atoms with Crippen LogP contribution in [0.3, 0.4) is 0 Å². The number of likely N-dealkylation sites (tertiary alicyclic amines) is 1. The summed E-state index contributed by atoms with van der Waals surface area (Å²) >= 11 is 0.